The summed E-state index contributed by atoms with van der Waals surface area (Å²) in [5.74, 6) is 1.37. The second-order valence-corrected chi connectivity index (χ2v) is 11.3. The van der Waals surface area contributed by atoms with E-state index in [0.717, 1.165) is 56.7 Å². The topological polar surface area (TPSA) is 61.8 Å². The predicted molar refractivity (Wildman–Crippen MR) is 144 cm³/mol. The van der Waals surface area contributed by atoms with Gasteiger partial charge in [-0.3, -0.25) is 4.79 Å². The number of methoxy groups -OCH3 is 1. The minimum Gasteiger partial charge on any atom is -0.385 e. The molecule has 2 fully saturated rings. The number of nitrogens with zero attached hydrogens (tertiary/aromatic N) is 1. The number of unbranched alkanes of at least 4 members (excludes halogenated alkanes) is 1. The van der Waals surface area contributed by atoms with E-state index in [0.29, 0.717) is 36.9 Å². The summed E-state index contributed by atoms with van der Waals surface area (Å²) in [6.07, 6.45) is 12.6. The van der Waals surface area contributed by atoms with Crippen LogP contribution in [0.25, 0.3) is 0 Å². The van der Waals surface area contributed by atoms with Crippen LogP contribution in [0.5, 0.6) is 0 Å². The molecular weight excluding hydrogens is 460 g/mol. The Morgan fingerprint density at radius 3 is 2.69 bits per heavy atom. The lowest BCUT2D eigenvalue weighted by atomic mass is 9.74. The number of amides is 1. The first-order valence-electron chi connectivity index (χ1n) is 13.9. The fourth-order valence-electron chi connectivity index (χ4n) is 6.40. The van der Waals surface area contributed by atoms with Gasteiger partial charge in [-0.1, -0.05) is 61.9 Å². The Hall–Kier alpha value is -1.14. The molecule has 1 saturated heterocycles. The van der Waals surface area contributed by atoms with E-state index in [1.54, 1.807) is 7.11 Å². The summed E-state index contributed by atoms with van der Waals surface area (Å²) >= 11 is 6.59. The maximum atomic E-state index is 13.5. The van der Waals surface area contributed by atoms with Crippen molar-refractivity contribution in [3.05, 3.63) is 34.9 Å². The van der Waals surface area contributed by atoms with Gasteiger partial charge in [0.05, 0.1) is 5.60 Å². The summed E-state index contributed by atoms with van der Waals surface area (Å²) in [5, 5.41) is 16.0. The number of rotatable bonds is 13. The first-order chi connectivity index (χ1) is 17.0. The van der Waals surface area contributed by atoms with Crippen molar-refractivity contribution in [1.29, 1.82) is 0 Å². The highest BCUT2D eigenvalue weighted by Crippen LogP contribution is 2.42. The normalized spacial score (nSPS) is 22.1. The largest absolute Gasteiger partial charge is 0.385 e. The van der Waals surface area contributed by atoms with Crippen molar-refractivity contribution in [2.75, 3.05) is 40.4 Å². The van der Waals surface area contributed by atoms with E-state index in [4.69, 9.17) is 16.3 Å². The molecule has 0 aromatic heterocycles. The Balaban J connectivity index is 1.68. The molecule has 0 radical (unpaired) electrons. The molecular formula is C29H47ClN2O3. The maximum absolute atomic E-state index is 13.5. The van der Waals surface area contributed by atoms with E-state index in [1.165, 1.54) is 32.1 Å². The van der Waals surface area contributed by atoms with Crippen LogP contribution >= 0.6 is 11.6 Å². The van der Waals surface area contributed by atoms with Crippen molar-refractivity contribution < 1.29 is 14.6 Å². The van der Waals surface area contributed by atoms with Gasteiger partial charge < -0.3 is 20.1 Å². The number of aliphatic hydroxyl groups is 1. The first kappa shape index (κ1) is 28.4. The first-order valence-corrected chi connectivity index (χ1v) is 14.2. The number of hydrogen-bond donors (Lipinski definition) is 2. The smallest absolute Gasteiger partial charge is 0.222 e. The summed E-state index contributed by atoms with van der Waals surface area (Å²) in [6, 6.07) is 7.66. The van der Waals surface area contributed by atoms with Gasteiger partial charge in [-0.25, -0.2) is 0 Å². The second kappa shape index (κ2) is 14.6. The molecule has 0 bridgehead atoms. The third-order valence-electron chi connectivity index (χ3n) is 8.29. The van der Waals surface area contributed by atoms with Crippen LogP contribution < -0.4 is 5.32 Å². The molecule has 0 spiro atoms. The Kier molecular flexibility index (Phi) is 11.8. The molecule has 1 aliphatic heterocycles. The van der Waals surface area contributed by atoms with Crippen LogP contribution in [0.1, 0.15) is 82.6 Å². The highest BCUT2D eigenvalue weighted by atomic mass is 35.5. The zero-order valence-electron chi connectivity index (χ0n) is 21.9. The quantitative estimate of drug-likeness (QED) is 0.333. The van der Waals surface area contributed by atoms with Crippen molar-refractivity contribution in [3.8, 4) is 0 Å². The number of hydrogen-bond acceptors (Lipinski definition) is 4. The predicted octanol–water partition coefficient (Wildman–Crippen LogP) is 5.78. The highest BCUT2D eigenvalue weighted by molar-refractivity contribution is 6.31. The molecule has 35 heavy (non-hydrogen) atoms. The molecule has 1 aromatic carbocycles. The molecule has 1 aliphatic carbocycles. The standard InChI is InChI=1S/C29H47ClN2O3/c1-31-21-24(19-23-11-4-3-5-12-23)20-28(33)32-17-10-13-25(22-32)29(34,16-8-9-18-35-2)26-14-6-7-15-27(26)30/h6-7,14-15,23-25,31,34H,3-5,8-13,16-22H2,1-2H3/t24-,25-,29+/m1/s1. The van der Waals surface area contributed by atoms with Crippen molar-refractivity contribution in [2.24, 2.45) is 17.8 Å². The SMILES string of the molecule is CNC[C@@H](CC(=O)N1CCC[C@@H]([C@@](O)(CCCCOC)c2ccccc2Cl)C1)CC1CCCCC1. The molecule has 1 heterocycles. The second-order valence-electron chi connectivity index (χ2n) is 10.9. The lowest BCUT2D eigenvalue weighted by Crippen LogP contribution is -2.48. The minimum absolute atomic E-state index is 0.0243. The molecule has 1 saturated carbocycles. The van der Waals surface area contributed by atoms with Crippen LogP contribution in [0, 0.1) is 17.8 Å². The minimum atomic E-state index is -1.04. The lowest BCUT2D eigenvalue weighted by molar-refractivity contribution is -0.138. The van der Waals surface area contributed by atoms with Crippen LogP contribution in [0.15, 0.2) is 24.3 Å². The lowest BCUT2D eigenvalue weighted by Gasteiger charge is -2.43. The molecule has 5 nitrogen and oxygen atoms in total. The number of halogens is 1. The van der Waals surface area contributed by atoms with E-state index < -0.39 is 5.60 Å². The van der Waals surface area contributed by atoms with E-state index >= 15 is 0 Å². The maximum Gasteiger partial charge on any atom is 0.222 e. The Morgan fingerprint density at radius 2 is 1.97 bits per heavy atom. The summed E-state index contributed by atoms with van der Waals surface area (Å²) < 4.78 is 5.23. The fourth-order valence-corrected chi connectivity index (χ4v) is 6.70. The number of carbonyl (C=O) groups excluding carboxylic acids is 1. The average Bonchev–Trinajstić information content (AvgIpc) is 2.87. The van der Waals surface area contributed by atoms with Crippen LogP contribution in [0.3, 0.4) is 0 Å². The molecule has 198 valence electrons. The van der Waals surface area contributed by atoms with Gasteiger partial charge in [0.25, 0.3) is 0 Å². The monoisotopic (exact) mass is 506 g/mol. The number of benzene rings is 1. The zero-order chi connectivity index (χ0) is 25.1. The molecule has 2 aliphatic rings. The Labute approximate surface area is 217 Å². The van der Waals surface area contributed by atoms with Gasteiger partial charge in [-0.15, -0.1) is 0 Å². The van der Waals surface area contributed by atoms with Crippen LogP contribution in [-0.4, -0.2) is 56.3 Å². The molecule has 0 unspecified atom stereocenters. The molecule has 3 atom stereocenters. The van der Waals surface area contributed by atoms with Crippen LogP contribution in [0.4, 0.5) is 0 Å². The third kappa shape index (κ3) is 8.18. The van der Waals surface area contributed by atoms with Gasteiger partial charge in [0.2, 0.25) is 5.91 Å². The van der Waals surface area contributed by atoms with E-state index in [1.807, 2.05) is 36.2 Å². The fraction of sp³-hybridized carbons (Fsp3) is 0.759. The summed E-state index contributed by atoms with van der Waals surface area (Å²) in [7, 11) is 3.70. The molecule has 1 aromatic rings. The summed E-state index contributed by atoms with van der Waals surface area (Å²) in [5.41, 5.74) is -0.249. The van der Waals surface area contributed by atoms with Gasteiger partial charge in [-0.2, -0.15) is 0 Å². The molecule has 1 amide bonds. The van der Waals surface area contributed by atoms with Crippen LogP contribution in [-0.2, 0) is 15.1 Å². The van der Waals surface area contributed by atoms with E-state index in [2.05, 4.69) is 5.32 Å². The summed E-state index contributed by atoms with van der Waals surface area (Å²) in [6.45, 7) is 2.96. The zero-order valence-corrected chi connectivity index (χ0v) is 22.7. The number of ether oxygens (including phenoxy) is 1. The molecule has 6 heteroatoms. The van der Waals surface area contributed by atoms with E-state index in [-0.39, 0.29) is 11.8 Å². The molecule has 2 N–H and O–H groups in total. The molecule has 3 rings (SSSR count). The Morgan fingerprint density at radius 1 is 1.20 bits per heavy atom. The number of piperidine rings is 1. The number of carbonyl (C=O) groups is 1. The highest BCUT2D eigenvalue weighted by Gasteiger charge is 2.42. The van der Waals surface area contributed by atoms with Crippen molar-refractivity contribution in [1.82, 2.24) is 10.2 Å². The van der Waals surface area contributed by atoms with Crippen molar-refractivity contribution in [3.63, 3.8) is 0 Å². The van der Waals surface area contributed by atoms with Gasteiger partial charge in [0.15, 0.2) is 0 Å². The number of nitrogens with one attached hydrogen (secondary N) is 1. The summed E-state index contributed by atoms with van der Waals surface area (Å²) in [4.78, 5) is 15.5. The number of likely N-dealkylation sites (tertiary alicyclic amines) is 1. The van der Waals surface area contributed by atoms with Crippen LogP contribution in [0.2, 0.25) is 5.02 Å². The van der Waals surface area contributed by atoms with Crippen molar-refractivity contribution >= 4 is 17.5 Å². The Bertz CT molecular complexity index is 770. The van der Waals surface area contributed by atoms with Gasteiger partial charge in [0, 0.05) is 49.7 Å². The average molecular weight is 507 g/mol. The van der Waals surface area contributed by atoms with Gasteiger partial charge >= 0.3 is 0 Å². The van der Waals surface area contributed by atoms with E-state index in [9.17, 15) is 9.90 Å². The third-order valence-corrected chi connectivity index (χ3v) is 8.62. The van der Waals surface area contributed by atoms with Gasteiger partial charge in [0.1, 0.15) is 0 Å². The van der Waals surface area contributed by atoms with Crippen molar-refractivity contribution in [2.45, 2.75) is 82.7 Å². The van der Waals surface area contributed by atoms with Gasteiger partial charge in [-0.05, 0) is 70.0 Å².